The zero-order valence-electron chi connectivity index (χ0n) is 21.1. The number of halogens is 2. The molecule has 1 unspecified atom stereocenters. The SMILES string of the molecule is O=C(NCc1ccc(F)cc1)Nc1ccc(Oc2ncnc3cc(OC4CCOC4)c4c(c23)OCCO4)c(F)c1. The fourth-order valence-electron chi connectivity index (χ4n) is 4.36. The van der Waals surface area contributed by atoms with Crippen LogP contribution in [0.3, 0.4) is 0 Å². The number of carbonyl (C=O) groups excluding carboxylic acids is 1. The Morgan fingerprint density at radius 1 is 0.975 bits per heavy atom. The lowest BCUT2D eigenvalue weighted by Crippen LogP contribution is -2.28. The van der Waals surface area contributed by atoms with Crippen molar-refractivity contribution >= 4 is 22.6 Å². The maximum atomic E-state index is 15.0. The lowest BCUT2D eigenvalue weighted by Gasteiger charge is -2.24. The molecule has 12 heteroatoms. The summed E-state index contributed by atoms with van der Waals surface area (Å²) in [6, 6.07) is 10.9. The van der Waals surface area contributed by atoms with E-state index in [4.69, 9.17) is 23.7 Å². The summed E-state index contributed by atoms with van der Waals surface area (Å²) in [5.74, 6) is 0.0828. The first-order chi connectivity index (χ1) is 19.5. The molecular formula is C28H24F2N4O6. The van der Waals surface area contributed by atoms with Crippen molar-refractivity contribution in [3.05, 3.63) is 72.1 Å². The second-order valence-corrected chi connectivity index (χ2v) is 9.09. The molecule has 0 radical (unpaired) electrons. The third kappa shape index (κ3) is 5.52. The standard InChI is InChI=1S/C28H24F2N4O6/c29-17-3-1-16(2-4-17)13-31-28(35)34-18-5-6-22(20(30)11-18)40-27-24-21(32-15-33-27)12-23(39-19-7-8-36-14-19)25-26(24)38-10-9-37-25/h1-6,11-12,15,19H,7-10,13-14H2,(H2,31,34,35). The number of urea groups is 1. The molecule has 6 rings (SSSR count). The first kappa shape index (κ1) is 25.6. The highest BCUT2D eigenvalue weighted by atomic mass is 19.1. The summed E-state index contributed by atoms with van der Waals surface area (Å²) in [5, 5.41) is 5.60. The number of rotatable bonds is 7. The lowest BCUT2D eigenvalue weighted by molar-refractivity contribution is 0.128. The Hall–Kier alpha value is -4.71. The van der Waals surface area contributed by atoms with Crippen LogP contribution in [-0.4, -0.2) is 48.5 Å². The highest BCUT2D eigenvalue weighted by Crippen LogP contribution is 2.48. The first-order valence-corrected chi connectivity index (χ1v) is 12.6. The summed E-state index contributed by atoms with van der Waals surface area (Å²) in [6.45, 7) is 1.91. The van der Waals surface area contributed by atoms with E-state index in [2.05, 4.69) is 20.6 Å². The van der Waals surface area contributed by atoms with Gasteiger partial charge in [-0.3, -0.25) is 0 Å². The van der Waals surface area contributed by atoms with E-state index in [1.165, 1.54) is 30.6 Å². The number of benzene rings is 3. The number of carbonyl (C=O) groups is 1. The van der Waals surface area contributed by atoms with Gasteiger partial charge in [-0.15, -0.1) is 0 Å². The minimum absolute atomic E-state index is 0.0687. The molecular weight excluding hydrogens is 526 g/mol. The number of hydrogen-bond acceptors (Lipinski definition) is 8. The van der Waals surface area contributed by atoms with Crippen molar-refractivity contribution < 1.29 is 37.3 Å². The molecule has 2 aliphatic rings. The molecule has 3 heterocycles. The van der Waals surface area contributed by atoms with E-state index in [-0.39, 0.29) is 35.8 Å². The van der Waals surface area contributed by atoms with Gasteiger partial charge in [0.05, 0.1) is 18.7 Å². The number of amides is 2. The molecule has 10 nitrogen and oxygen atoms in total. The topological polar surface area (TPSA) is 113 Å². The fraction of sp³-hybridized carbons (Fsp3) is 0.250. The first-order valence-electron chi connectivity index (χ1n) is 12.6. The van der Waals surface area contributed by atoms with Gasteiger partial charge in [-0.2, -0.15) is 0 Å². The van der Waals surface area contributed by atoms with Crippen LogP contribution in [0.1, 0.15) is 12.0 Å². The number of aromatic nitrogens is 2. The molecule has 1 saturated heterocycles. The zero-order valence-corrected chi connectivity index (χ0v) is 21.1. The number of nitrogens with one attached hydrogen (secondary N) is 2. The van der Waals surface area contributed by atoms with Crippen LogP contribution >= 0.6 is 0 Å². The molecule has 1 atom stereocenters. The van der Waals surface area contributed by atoms with Gasteiger partial charge in [0.25, 0.3) is 0 Å². The summed E-state index contributed by atoms with van der Waals surface area (Å²) < 4.78 is 57.2. The summed E-state index contributed by atoms with van der Waals surface area (Å²) in [7, 11) is 0. The Morgan fingerprint density at radius 3 is 2.58 bits per heavy atom. The minimum atomic E-state index is -0.727. The molecule has 1 fully saturated rings. The van der Waals surface area contributed by atoms with E-state index in [1.54, 1.807) is 18.2 Å². The molecule has 40 heavy (non-hydrogen) atoms. The van der Waals surface area contributed by atoms with Gasteiger partial charge >= 0.3 is 6.03 Å². The molecule has 4 aromatic rings. The third-order valence-corrected chi connectivity index (χ3v) is 6.29. The smallest absolute Gasteiger partial charge is 0.319 e. The molecule has 206 valence electrons. The van der Waals surface area contributed by atoms with E-state index in [0.717, 1.165) is 12.5 Å². The van der Waals surface area contributed by atoms with Gasteiger partial charge < -0.3 is 34.3 Å². The third-order valence-electron chi connectivity index (χ3n) is 6.29. The van der Waals surface area contributed by atoms with Gasteiger partial charge in [0.15, 0.2) is 23.1 Å². The number of anilines is 1. The van der Waals surface area contributed by atoms with Crippen LogP contribution in [0.15, 0.2) is 54.9 Å². The van der Waals surface area contributed by atoms with Gasteiger partial charge in [0.1, 0.15) is 36.8 Å². The van der Waals surface area contributed by atoms with Crippen molar-refractivity contribution in [2.75, 3.05) is 31.7 Å². The monoisotopic (exact) mass is 550 g/mol. The van der Waals surface area contributed by atoms with E-state index in [1.807, 2.05) is 0 Å². The molecule has 2 amide bonds. The fourth-order valence-corrected chi connectivity index (χ4v) is 4.36. The Kier molecular flexibility index (Phi) is 7.15. The zero-order chi connectivity index (χ0) is 27.5. The van der Waals surface area contributed by atoms with Gasteiger partial charge in [-0.05, 0) is 29.8 Å². The molecule has 0 aliphatic carbocycles. The maximum Gasteiger partial charge on any atom is 0.319 e. The number of fused-ring (bicyclic) bond motifs is 3. The van der Waals surface area contributed by atoms with Crippen molar-refractivity contribution in [3.8, 4) is 28.9 Å². The van der Waals surface area contributed by atoms with Crippen LogP contribution < -0.4 is 29.6 Å². The molecule has 1 aromatic heterocycles. The van der Waals surface area contributed by atoms with Crippen LogP contribution in [0.25, 0.3) is 10.9 Å². The summed E-state index contributed by atoms with van der Waals surface area (Å²) in [5.41, 5.74) is 1.40. The van der Waals surface area contributed by atoms with E-state index in [0.29, 0.717) is 60.1 Å². The number of nitrogens with zero attached hydrogens (tertiary/aromatic N) is 2. The maximum absolute atomic E-state index is 15.0. The molecule has 2 N–H and O–H groups in total. The van der Waals surface area contributed by atoms with Crippen LogP contribution in [0.4, 0.5) is 19.3 Å². The van der Waals surface area contributed by atoms with Crippen LogP contribution in [0, 0.1) is 11.6 Å². The van der Waals surface area contributed by atoms with Crippen LogP contribution in [0.5, 0.6) is 28.9 Å². The average molecular weight is 551 g/mol. The van der Waals surface area contributed by atoms with E-state index < -0.39 is 11.8 Å². The summed E-state index contributed by atoms with van der Waals surface area (Å²) >= 11 is 0. The number of ether oxygens (including phenoxy) is 5. The Morgan fingerprint density at radius 2 is 1.80 bits per heavy atom. The van der Waals surface area contributed by atoms with Crippen molar-refractivity contribution in [1.29, 1.82) is 0 Å². The van der Waals surface area contributed by atoms with Gasteiger partial charge in [-0.25, -0.2) is 23.5 Å². The van der Waals surface area contributed by atoms with Crippen molar-refractivity contribution in [2.45, 2.75) is 19.1 Å². The van der Waals surface area contributed by atoms with Crippen molar-refractivity contribution in [1.82, 2.24) is 15.3 Å². The predicted octanol–water partition coefficient (Wildman–Crippen LogP) is 4.96. The van der Waals surface area contributed by atoms with Gasteiger partial charge in [0, 0.05) is 30.8 Å². The molecule has 0 spiro atoms. The largest absolute Gasteiger partial charge is 0.485 e. The predicted molar refractivity (Wildman–Crippen MR) is 139 cm³/mol. The quantitative estimate of drug-likeness (QED) is 0.332. The molecule has 0 saturated carbocycles. The van der Waals surface area contributed by atoms with E-state index >= 15 is 4.39 Å². The van der Waals surface area contributed by atoms with Crippen LogP contribution in [-0.2, 0) is 11.3 Å². The molecule has 3 aromatic carbocycles. The van der Waals surface area contributed by atoms with Gasteiger partial charge in [0.2, 0.25) is 11.6 Å². The van der Waals surface area contributed by atoms with Crippen molar-refractivity contribution in [3.63, 3.8) is 0 Å². The summed E-state index contributed by atoms with van der Waals surface area (Å²) in [4.78, 5) is 20.8. The summed E-state index contributed by atoms with van der Waals surface area (Å²) in [6.07, 6.45) is 1.94. The second-order valence-electron chi connectivity index (χ2n) is 9.09. The Bertz CT molecular complexity index is 1550. The highest BCUT2D eigenvalue weighted by molar-refractivity contribution is 5.94. The Balaban J connectivity index is 1.20. The second kappa shape index (κ2) is 11.2. The Labute approximate surface area is 227 Å². The lowest BCUT2D eigenvalue weighted by atomic mass is 10.1. The van der Waals surface area contributed by atoms with Crippen LogP contribution in [0.2, 0.25) is 0 Å². The van der Waals surface area contributed by atoms with Crippen molar-refractivity contribution in [2.24, 2.45) is 0 Å². The minimum Gasteiger partial charge on any atom is -0.485 e. The van der Waals surface area contributed by atoms with Gasteiger partial charge in [-0.1, -0.05) is 12.1 Å². The van der Waals surface area contributed by atoms with E-state index in [9.17, 15) is 9.18 Å². The number of hydrogen-bond donors (Lipinski definition) is 2. The molecule has 2 aliphatic heterocycles. The highest BCUT2D eigenvalue weighted by Gasteiger charge is 2.28. The normalized spacial score (nSPS) is 16.0. The average Bonchev–Trinajstić information content (AvgIpc) is 3.47. The molecule has 0 bridgehead atoms.